The number of aromatic nitrogens is 2. The van der Waals surface area contributed by atoms with E-state index in [2.05, 4.69) is 95.8 Å². The first-order valence-corrected chi connectivity index (χ1v) is 20.4. The summed E-state index contributed by atoms with van der Waals surface area (Å²) in [5.74, 6) is 1.62. The van der Waals surface area contributed by atoms with Gasteiger partial charge in [-0.3, -0.25) is 0 Å². The molecular formula is C54H44N2O4. The van der Waals surface area contributed by atoms with Crippen LogP contribution in [0.1, 0.15) is 25.0 Å². The highest BCUT2D eigenvalue weighted by molar-refractivity contribution is 6.10. The quantitative estimate of drug-likeness (QED) is 0.153. The van der Waals surface area contributed by atoms with Gasteiger partial charge in [-0.1, -0.05) is 109 Å². The van der Waals surface area contributed by atoms with E-state index in [1.54, 1.807) is 0 Å². The summed E-state index contributed by atoms with van der Waals surface area (Å²) in [6, 6.07) is 57.0. The summed E-state index contributed by atoms with van der Waals surface area (Å²) >= 11 is 0. The summed E-state index contributed by atoms with van der Waals surface area (Å²) < 4.78 is 17.8. The van der Waals surface area contributed by atoms with E-state index in [4.69, 9.17) is 9.47 Å². The van der Waals surface area contributed by atoms with E-state index in [1.165, 1.54) is 0 Å². The molecule has 1 unspecified atom stereocenters. The van der Waals surface area contributed by atoms with Crippen LogP contribution in [0.4, 0.5) is 0 Å². The van der Waals surface area contributed by atoms with Gasteiger partial charge in [0, 0.05) is 43.8 Å². The van der Waals surface area contributed by atoms with Crippen LogP contribution in [-0.2, 0) is 0 Å². The second-order valence-electron chi connectivity index (χ2n) is 15.7. The molecule has 0 aliphatic rings. The van der Waals surface area contributed by atoms with Crippen molar-refractivity contribution in [2.45, 2.75) is 39.9 Å². The monoisotopic (exact) mass is 784 g/mol. The van der Waals surface area contributed by atoms with Gasteiger partial charge in [0.05, 0.1) is 33.4 Å². The summed E-state index contributed by atoms with van der Waals surface area (Å²) in [5.41, 5.74) is 10.5. The fourth-order valence-electron chi connectivity index (χ4n) is 8.81. The summed E-state index contributed by atoms with van der Waals surface area (Å²) in [5, 5.41) is 28.8. The standard InChI is InChI=1S/C54H44N2O4/c1-33-29-43(53(57)49(31-33)55-45-23-11-5-17-37(45)38-18-6-12-24-46(38)55)41-21-9-15-27-51(41)59-35(3)36(4)60-52-28-16-10-22-42(52)44-30-34(2)32-50(54(44)58)56-47-25-13-7-19-39(47)40-20-8-14-26-48(40)56/h5-32,35-36,57-58H,1-4H3/t35-,36?/m1/s1. The highest BCUT2D eigenvalue weighted by Crippen LogP contribution is 2.45. The van der Waals surface area contributed by atoms with Gasteiger partial charge in [0.2, 0.25) is 0 Å². The SMILES string of the molecule is Cc1cc(-c2ccccc2OC(C)[C@@H](C)Oc2ccccc2-c2cc(C)cc(-n3c4ccccc4c4ccccc43)c2O)c(O)c(-n2c3ccccc3c3ccccc32)c1. The number of rotatable bonds is 9. The van der Waals surface area contributed by atoms with Crippen molar-refractivity contribution in [3.8, 4) is 56.6 Å². The van der Waals surface area contributed by atoms with Gasteiger partial charge in [-0.15, -0.1) is 0 Å². The van der Waals surface area contributed by atoms with Crippen LogP contribution < -0.4 is 9.47 Å². The van der Waals surface area contributed by atoms with Crippen molar-refractivity contribution in [1.29, 1.82) is 0 Å². The summed E-state index contributed by atoms with van der Waals surface area (Å²) in [6.07, 6.45) is -0.801. The Morgan fingerprint density at radius 3 is 1.03 bits per heavy atom. The van der Waals surface area contributed by atoms with Crippen molar-refractivity contribution in [2.75, 3.05) is 0 Å². The number of aryl methyl sites for hydroxylation is 2. The Hall–Kier alpha value is -7.44. The number of hydrogen-bond donors (Lipinski definition) is 2. The molecule has 6 heteroatoms. The van der Waals surface area contributed by atoms with Crippen LogP contribution in [0.5, 0.6) is 23.0 Å². The van der Waals surface area contributed by atoms with Crippen LogP contribution in [0, 0.1) is 13.8 Å². The van der Waals surface area contributed by atoms with Crippen molar-refractivity contribution in [3.05, 3.63) is 181 Å². The molecule has 0 radical (unpaired) electrons. The molecule has 2 aromatic heterocycles. The predicted octanol–water partition coefficient (Wildman–Crippen LogP) is 13.5. The van der Waals surface area contributed by atoms with E-state index >= 15 is 0 Å². The number of phenolic OH excluding ortho intramolecular Hbond substituents is 2. The Morgan fingerprint density at radius 1 is 0.383 bits per heavy atom. The molecule has 2 atom stereocenters. The molecule has 6 nitrogen and oxygen atoms in total. The van der Waals surface area contributed by atoms with E-state index < -0.39 is 12.2 Å². The lowest BCUT2D eigenvalue weighted by Gasteiger charge is -2.26. The molecular weight excluding hydrogens is 741 g/mol. The molecule has 0 aliphatic heterocycles. The van der Waals surface area contributed by atoms with Gasteiger partial charge in [0.15, 0.2) is 0 Å². The third kappa shape index (κ3) is 6.11. The lowest BCUT2D eigenvalue weighted by atomic mass is 9.99. The minimum atomic E-state index is -0.401. The largest absolute Gasteiger partial charge is 0.505 e. The minimum Gasteiger partial charge on any atom is -0.505 e. The maximum Gasteiger partial charge on any atom is 0.147 e. The van der Waals surface area contributed by atoms with Crippen LogP contribution in [0.25, 0.3) is 77.2 Å². The number of fused-ring (bicyclic) bond motifs is 6. The molecule has 0 spiro atoms. The zero-order valence-electron chi connectivity index (χ0n) is 33.9. The van der Waals surface area contributed by atoms with Crippen LogP contribution in [0.3, 0.4) is 0 Å². The zero-order chi connectivity index (χ0) is 41.1. The molecule has 2 heterocycles. The maximum atomic E-state index is 12.2. The van der Waals surface area contributed by atoms with Crippen molar-refractivity contribution in [2.24, 2.45) is 0 Å². The zero-order valence-corrected chi connectivity index (χ0v) is 33.9. The van der Waals surface area contributed by atoms with Gasteiger partial charge in [-0.2, -0.15) is 0 Å². The fourth-order valence-corrected chi connectivity index (χ4v) is 8.81. The average molecular weight is 785 g/mol. The molecule has 294 valence electrons. The van der Waals surface area contributed by atoms with E-state index in [0.717, 1.165) is 65.9 Å². The first-order valence-electron chi connectivity index (χ1n) is 20.4. The van der Waals surface area contributed by atoms with Crippen molar-refractivity contribution < 1.29 is 19.7 Å². The van der Waals surface area contributed by atoms with Crippen LogP contribution in [-0.4, -0.2) is 31.6 Å². The molecule has 60 heavy (non-hydrogen) atoms. The molecule has 0 saturated heterocycles. The van der Waals surface area contributed by atoms with Crippen molar-refractivity contribution >= 4 is 43.6 Å². The maximum absolute atomic E-state index is 12.2. The number of ether oxygens (including phenoxy) is 2. The lowest BCUT2D eigenvalue weighted by molar-refractivity contribution is 0.0787. The van der Waals surface area contributed by atoms with E-state index in [-0.39, 0.29) is 11.5 Å². The van der Waals surface area contributed by atoms with Crippen LogP contribution in [0.15, 0.2) is 170 Å². The first kappa shape index (κ1) is 36.9. The number of phenols is 2. The van der Waals surface area contributed by atoms with Gasteiger partial charge in [0.1, 0.15) is 35.2 Å². The third-order valence-corrected chi connectivity index (χ3v) is 11.8. The van der Waals surface area contributed by atoms with Gasteiger partial charge in [-0.25, -0.2) is 0 Å². The lowest BCUT2D eigenvalue weighted by Crippen LogP contribution is -2.31. The Kier molecular flexibility index (Phi) is 9.06. The highest BCUT2D eigenvalue weighted by Gasteiger charge is 2.24. The molecule has 8 aromatic carbocycles. The molecule has 0 saturated carbocycles. The van der Waals surface area contributed by atoms with Crippen LogP contribution in [0.2, 0.25) is 0 Å². The topological polar surface area (TPSA) is 68.8 Å². The van der Waals surface area contributed by atoms with Crippen molar-refractivity contribution in [3.63, 3.8) is 0 Å². The van der Waals surface area contributed by atoms with Gasteiger partial charge in [-0.05, 0) is 99.5 Å². The minimum absolute atomic E-state index is 0.173. The fraction of sp³-hybridized carbons (Fsp3) is 0.111. The molecule has 0 aliphatic carbocycles. The third-order valence-electron chi connectivity index (χ3n) is 11.8. The Morgan fingerprint density at radius 2 is 0.683 bits per heavy atom. The second kappa shape index (κ2) is 14.7. The second-order valence-corrected chi connectivity index (χ2v) is 15.7. The number of aromatic hydroxyl groups is 2. The van der Waals surface area contributed by atoms with E-state index in [0.29, 0.717) is 34.0 Å². The molecule has 10 rings (SSSR count). The number of hydrogen-bond acceptors (Lipinski definition) is 4. The molecule has 0 fully saturated rings. The molecule has 0 bridgehead atoms. The summed E-state index contributed by atoms with van der Waals surface area (Å²) in [6.45, 7) is 8.10. The normalized spacial score (nSPS) is 12.7. The van der Waals surface area contributed by atoms with Crippen molar-refractivity contribution in [1.82, 2.24) is 9.13 Å². The first-order chi connectivity index (χ1) is 29.3. The van der Waals surface area contributed by atoms with Crippen LogP contribution >= 0.6 is 0 Å². The Bertz CT molecular complexity index is 2940. The number of nitrogens with zero attached hydrogens (tertiary/aromatic N) is 2. The van der Waals surface area contributed by atoms with Gasteiger partial charge < -0.3 is 28.8 Å². The Labute approximate surface area is 348 Å². The van der Waals surface area contributed by atoms with Gasteiger partial charge >= 0.3 is 0 Å². The molecule has 10 aromatic rings. The smallest absolute Gasteiger partial charge is 0.147 e. The summed E-state index contributed by atoms with van der Waals surface area (Å²) in [4.78, 5) is 0. The van der Waals surface area contributed by atoms with E-state index in [9.17, 15) is 10.2 Å². The van der Waals surface area contributed by atoms with Gasteiger partial charge in [0.25, 0.3) is 0 Å². The Balaban J connectivity index is 0.980. The number of benzene rings is 8. The summed E-state index contributed by atoms with van der Waals surface area (Å²) in [7, 11) is 0. The highest BCUT2D eigenvalue weighted by atomic mass is 16.5. The molecule has 0 amide bonds. The number of para-hydroxylation sites is 6. The predicted molar refractivity (Wildman–Crippen MR) is 245 cm³/mol. The van der Waals surface area contributed by atoms with E-state index in [1.807, 2.05) is 111 Å². The average Bonchev–Trinajstić information content (AvgIpc) is 3.78. The molecule has 2 N–H and O–H groups in total.